The molecule has 4 aromatic rings. The highest BCUT2D eigenvalue weighted by Crippen LogP contribution is 2.36. The quantitative estimate of drug-likeness (QED) is 0.183. The molecule has 13 heteroatoms. The second-order valence-electron chi connectivity index (χ2n) is 9.64. The van der Waals surface area contributed by atoms with Crippen LogP contribution in [0.1, 0.15) is 27.9 Å². The molecule has 0 saturated carbocycles. The maximum Gasteiger partial charge on any atom is 0.573 e. The summed E-state index contributed by atoms with van der Waals surface area (Å²) in [5.41, 5.74) is 2.20. The minimum atomic E-state index is -4.77. The van der Waals surface area contributed by atoms with Crippen LogP contribution < -0.4 is 10.1 Å². The van der Waals surface area contributed by atoms with E-state index in [1.165, 1.54) is 41.1 Å². The molecule has 0 atom stereocenters. The monoisotopic (exact) mass is 608 g/mol. The van der Waals surface area contributed by atoms with Crippen molar-refractivity contribution in [3.63, 3.8) is 0 Å². The van der Waals surface area contributed by atoms with Gasteiger partial charge in [0.2, 0.25) is 0 Å². The van der Waals surface area contributed by atoms with Crippen molar-refractivity contribution in [2.24, 2.45) is 0 Å². The molecule has 3 heterocycles. The van der Waals surface area contributed by atoms with E-state index in [4.69, 9.17) is 11.6 Å². The molecule has 5 rings (SSSR count). The van der Waals surface area contributed by atoms with Crippen molar-refractivity contribution in [1.82, 2.24) is 19.8 Å². The van der Waals surface area contributed by atoms with Crippen LogP contribution in [0, 0.1) is 0 Å². The van der Waals surface area contributed by atoms with Crippen molar-refractivity contribution in [2.75, 3.05) is 13.1 Å². The van der Waals surface area contributed by atoms with Crippen LogP contribution in [-0.2, 0) is 25.7 Å². The zero-order chi connectivity index (χ0) is 30.1. The van der Waals surface area contributed by atoms with Gasteiger partial charge < -0.3 is 10.1 Å². The fourth-order valence-corrected chi connectivity index (χ4v) is 5.10. The number of aromatic nitrogens is 2. The Morgan fingerprint density at radius 3 is 2.50 bits per heavy atom. The fraction of sp³-hybridized carbons (Fsp3) is 0.241. The molecule has 6 nitrogen and oxygen atoms in total. The number of hydrogen-bond acceptors (Lipinski definition) is 4. The molecule has 2 aromatic heterocycles. The predicted molar refractivity (Wildman–Crippen MR) is 145 cm³/mol. The van der Waals surface area contributed by atoms with Gasteiger partial charge in [-0.1, -0.05) is 35.9 Å². The second kappa shape index (κ2) is 11.7. The summed E-state index contributed by atoms with van der Waals surface area (Å²) in [6, 6.07) is 11.6. The molecular formula is C29H23ClF6N4O2. The van der Waals surface area contributed by atoms with Crippen LogP contribution >= 0.6 is 11.6 Å². The average Bonchev–Trinajstić information content (AvgIpc) is 3.25. The summed E-state index contributed by atoms with van der Waals surface area (Å²) in [4.78, 5) is 19.3. The Balaban J connectivity index is 1.36. The highest BCUT2D eigenvalue weighted by Gasteiger charge is 2.33. The minimum Gasteiger partial charge on any atom is -0.406 e. The summed E-state index contributed by atoms with van der Waals surface area (Å²) < 4.78 is 83.2. The Kier molecular flexibility index (Phi) is 8.20. The van der Waals surface area contributed by atoms with E-state index >= 15 is 0 Å². The Bertz CT molecular complexity index is 1630. The molecular weight excluding hydrogens is 586 g/mol. The first-order chi connectivity index (χ1) is 19.9. The summed E-state index contributed by atoms with van der Waals surface area (Å²) in [6.07, 6.45) is -3.85. The van der Waals surface area contributed by atoms with Gasteiger partial charge in [0, 0.05) is 49.9 Å². The Hall–Kier alpha value is -4.03. The van der Waals surface area contributed by atoms with Crippen LogP contribution in [0.4, 0.5) is 31.1 Å². The zero-order valence-electron chi connectivity index (χ0n) is 21.8. The summed E-state index contributed by atoms with van der Waals surface area (Å²) in [7, 11) is 0. The van der Waals surface area contributed by atoms with Crippen molar-refractivity contribution in [2.45, 2.75) is 32.0 Å². The van der Waals surface area contributed by atoms with E-state index < -0.39 is 24.1 Å². The van der Waals surface area contributed by atoms with Crippen LogP contribution in [0.15, 0.2) is 66.9 Å². The number of carbonyl (C=O) groups is 1. The van der Waals surface area contributed by atoms with Gasteiger partial charge in [-0.05, 0) is 59.2 Å². The molecule has 0 unspecified atom stereocenters. The maximum absolute atomic E-state index is 13.6. The Labute approximate surface area is 241 Å². The molecule has 1 N–H and O–H groups in total. The fourth-order valence-electron chi connectivity index (χ4n) is 4.91. The van der Waals surface area contributed by atoms with Gasteiger partial charge in [0.1, 0.15) is 10.9 Å². The van der Waals surface area contributed by atoms with Crippen LogP contribution in [0.3, 0.4) is 0 Å². The van der Waals surface area contributed by atoms with E-state index in [-0.39, 0.29) is 17.4 Å². The molecule has 0 spiro atoms. The smallest absolute Gasteiger partial charge is 0.406 e. The first-order valence-electron chi connectivity index (χ1n) is 12.7. The number of halogens is 7. The lowest BCUT2D eigenvalue weighted by molar-refractivity contribution is -0.274. The topological polar surface area (TPSA) is 59.4 Å². The van der Waals surface area contributed by atoms with Gasteiger partial charge >= 0.3 is 18.6 Å². The SMILES string of the molecule is O=C(NCc1ccnc(Cl)c1)n1c2c(c3cc(C(F)(F)F)ccc31)CN(C/C=C/c1ccc(OC(F)(F)F)cc1)CC2. The van der Waals surface area contributed by atoms with E-state index in [9.17, 15) is 31.1 Å². The van der Waals surface area contributed by atoms with Gasteiger partial charge in [0.05, 0.1) is 11.1 Å². The number of ether oxygens (including phenoxy) is 1. The van der Waals surface area contributed by atoms with Crippen LogP contribution in [0.2, 0.25) is 5.15 Å². The Morgan fingerprint density at radius 1 is 1.05 bits per heavy atom. The molecule has 42 heavy (non-hydrogen) atoms. The molecule has 0 fully saturated rings. The summed E-state index contributed by atoms with van der Waals surface area (Å²) >= 11 is 5.92. The highest BCUT2D eigenvalue weighted by atomic mass is 35.5. The summed E-state index contributed by atoms with van der Waals surface area (Å²) in [5.74, 6) is -0.327. The first kappa shape index (κ1) is 29.5. The zero-order valence-corrected chi connectivity index (χ0v) is 22.5. The number of nitrogens with one attached hydrogen (secondary N) is 1. The molecule has 1 aliphatic rings. The first-order valence-corrected chi connectivity index (χ1v) is 13.1. The molecule has 220 valence electrons. The minimum absolute atomic E-state index is 0.149. The average molecular weight is 609 g/mol. The predicted octanol–water partition coefficient (Wildman–Crippen LogP) is 7.44. The van der Waals surface area contributed by atoms with Gasteiger partial charge in [-0.3, -0.25) is 9.47 Å². The summed E-state index contributed by atoms with van der Waals surface area (Å²) in [6.45, 7) is 1.42. The number of amides is 1. The van der Waals surface area contributed by atoms with E-state index in [2.05, 4.69) is 15.0 Å². The Morgan fingerprint density at radius 2 is 1.81 bits per heavy atom. The molecule has 1 aliphatic heterocycles. The molecule has 0 radical (unpaired) electrons. The van der Waals surface area contributed by atoms with Crippen molar-refractivity contribution < 1.29 is 35.9 Å². The lowest BCUT2D eigenvalue weighted by atomic mass is 10.0. The number of fused-ring (bicyclic) bond motifs is 3. The van der Waals surface area contributed by atoms with E-state index in [0.717, 1.165) is 12.1 Å². The molecule has 0 bridgehead atoms. The van der Waals surface area contributed by atoms with E-state index in [0.29, 0.717) is 59.3 Å². The molecule has 0 saturated heterocycles. The third-order valence-electron chi connectivity index (χ3n) is 6.78. The number of rotatable bonds is 6. The van der Waals surface area contributed by atoms with Gasteiger partial charge in [-0.15, -0.1) is 13.2 Å². The van der Waals surface area contributed by atoms with Gasteiger partial charge in [-0.2, -0.15) is 13.2 Å². The van der Waals surface area contributed by atoms with Crippen LogP contribution in [0.5, 0.6) is 5.75 Å². The highest BCUT2D eigenvalue weighted by molar-refractivity contribution is 6.29. The molecule has 2 aromatic carbocycles. The van der Waals surface area contributed by atoms with Gasteiger partial charge in [0.15, 0.2) is 0 Å². The van der Waals surface area contributed by atoms with Gasteiger partial charge in [0.25, 0.3) is 0 Å². The largest absolute Gasteiger partial charge is 0.573 e. The van der Waals surface area contributed by atoms with E-state index in [1.54, 1.807) is 18.2 Å². The van der Waals surface area contributed by atoms with Crippen LogP contribution in [0.25, 0.3) is 17.0 Å². The number of alkyl halides is 6. The molecule has 1 amide bonds. The van der Waals surface area contributed by atoms with Crippen LogP contribution in [-0.4, -0.2) is 39.9 Å². The third kappa shape index (κ3) is 6.88. The lowest BCUT2D eigenvalue weighted by Crippen LogP contribution is -2.34. The van der Waals surface area contributed by atoms with Gasteiger partial charge in [-0.25, -0.2) is 9.78 Å². The van der Waals surface area contributed by atoms with Crippen molar-refractivity contribution in [1.29, 1.82) is 0 Å². The van der Waals surface area contributed by atoms with Crippen molar-refractivity contribution >= 4 is 34.6 Å². The molecule has 0 aliphatic carbocycles. The van der Waals surface area contributed by atoms with Crippen molar-refractivity contribution in [3.05, 3.63) is 100.0 Å². The van der Waals surface area contributed by atoms with E-state index in [1.807, 2.05) is 11.0 Å². The number of benzene rings is 2. The number of nitrogens with zero attached hydrogens (tertiary/aromatic N) is 3. The lowest BCUT2D eigenvalue weighted by Gasteiger charge is -2.27. The number of pyridine rings is 1. The number of hydrogen-bond donors (Lipinski definition) is 1. The normalized spacial score (nSPS) is 14.4. The third-order valence-corrected chi connectivity index (χ3v) is 6.99. The second-order valence-corrected chi connectivity index (χ2v) is 10.0. The summed E-state index contributed by atoms with van der Waals surface area (Å²) in [5, 5.41) is 3.43. The standard InChI is InChI=1S/C29H23ClF6N4O2/c30-26-14-19(9-11-37-26)16-38-27(41)40-24-8-5-20(28(31,32)33)15-22(24)23-17-39(13-10-25(23)40)12-1-2-18-3-6-21(7-4-18)42-29(34,35)36/h1-9,11,14-15H,10,12-13,16-17H2,(H,38,41)/b2-1+. The number of carbonyl (C=O) groups excluding carboxylic acids is 1. The van der Waals surface area contributed by atoms with Crippen molar-refractivity contribution in [3.8, 4) is 5.75 Å². The maximum atomic E-state index is 13.6.